The van der Waals surface area contributed by atoms with Crippen LogP contribution in [0.3, 0.4) is 0 Å². The molecule has 0 aliphatic rings. The van der Waals surface area contributed by atoms with E-state index in [2.05, 4.69) is 15.5 Å². The van der Waals surface area contributed by atoms with Crippen molar-refractivity contribution in [1.82, 2.24) is 10.4 Å². The number of hydrogen-bond donors (Lipinski definition) is 1. The van der Waals surface area contributed by atoms with Gasteiger partial charge < -0.3 is 0 Å². The summed E-state index contributed by atoms with van der Waals surface area (Å²) < 4.78 is 0. The quantitative estimate of drug-likeness (QED) is 0.363. The average Bonchev–Trinajstić information content (AvgIpc) is 2.71. The normalized spacial score (nSPS) is 10.8. The van der Waals surface area contributed by atoms with E-state index in [0.29, 0.717) is 16.1 Å². The number of hydrogen-bond acceptors (Lipinski definition) is 6. The highest BCUT2D eigenvalue weighted by Gasteiger charge is 2.11. The number of rotatable bonds is 6. The maximum absolute atomic E-state index is 12.0. The Bertz CT molecular complexity index is 1030. The van der Waals surface area contributed by atoms with Gasteiger partial charge in [-0.2, -0.15) is 5.10 Å². The lowest BCUT2D eigenvalue weighted by Crippen LogP contribution is -2.17. The summed E-state index contributed by atoms with van der Waals surface area (Å²) in [5, 5.41) is 15.6. The van der Waals surface area contributed by atoms with Crippen LogP contribution in [-0.2, 0) is 0 Å². The predicted molar refractivity (Wildman–Crippen MR) is 108 cm³/mol. The number of halogens is 1. The molecule has 3 rings (SSSR count). The molecule has 7 nitrogen and oxygen atoms in total. The molecule has 28 heavy (non-hydrogen) atoms. The Hall–Kier alpha value is -3.23. The molecule has 1 N–H and O–H groups in total. The summed E-state index contributed by atoms with van der Waals surface area (Å²) in [6.45, 7) is 0. The molecule has 0 aliphatic heterocycles. The molecule has 0 radical (unpaired) electrons. The summed E-state index contributed by atoms with van der Waals surface area (Å²) in [4.78, 5) is 28.1. The van der Waals surface area contributed by atoms with Crippen molar-refractivity contribution >= 4 is 41.2 Å². The highest BCUT2D eigenvalue weighted by Crippen LogP contribution is 2.32. The first kappa shape index (κ1) is 19.5. The predicted octanol–water partition coefficient (Wildman–Crippen LogP) is 4.56. The number of aromatic nitrogens is 1. The highest BCUT2D eigenvalue weighted by molar-refractivity contribution is 7.99. The maximum Gasteiger partial charge on any atom is 0.271 e. The van der Waals surface area contributed by atoms with E-state index < -0.39 is 10.8 Å². The minimum atomic E-state index is -0.483. The summed E-state index contributed by atoms with van der Waals surface area (Å²) in [7, 11) is 0. The highest BCUT2D eigenvalue weighted by atomic mass is 35.5. The van der Waals surface area contributed by atoms with Crippen LogP contribution in [0.5, 0.6) is 0 Å². The largest absolute Gasteiger partial charge is 0.271 e. The molecule has 0 atom stereocenters. The average molecular weight is 413 g/mol. The number of hydrazone groups is 1. The van der Waals surface area contributed by atoms with Gasteiger partial charge in [0.25, 0.3) is 11.6 Å². The molecule has 0 aliphatic carbocycles. The number of nitro benzene ring substituents is 1. The van der Waals surface area contributed by atoms with Gasteiger partial charge in [0.1, 0.15) is 0 Å². The van der Waals surface area contributed by atoms with E-state index in [1.807, 2.05) is 12.1 Å². The van der Waals surface area contributed by atoms with Gasteiger partial charge in [-0.1, -0.05) is 23.4 Å². The number of benzene rings is 2. The topological polar surface area (TPSA) is 97.5 Å². The van der Waals surface area contributed by atoms with E-state index in [1.54, 1.807) is 30.3 Å². The third kappa shape index (κ3) is 5.15. The molecular weight excluding hydrogens is 400 g/mol. The van der Waals surface area contributed by atoms with Crippen LogP contribution in [-0.4, -0.2) is 22.0 Å². The molecule has 0 spiro atoms. The molecule has 0 unspecified atom stereocenters. The summed E-state index contributed by atoms with van der Waals surface area (Å²) >= 11 is 7.31. The van der Waals surface area contributed by atoms with Gasteiger partial charge in [-0.3, -0.25) is 19.9 Å². The van der Waals surface area contributed by atoms with Crippen molar-refractivity contribution < 1.29 is 9.72 Å². The second kappa shape index (κ2) is 9.12. The monoisotopic (exact) mass is 412 g/mol. The van der Waals surface area contributed by atoms with Gasteiger partial charge in [-0.15, -0.1) is 0 Å². The van der Waals surface area contributed by atoms with Crippen LogP contribution in [0.15, 0.2) is 81.9 Å². The SMILES string of the molecule is O=C(N/N=C/c1cc([N+](=O)[O-])ccc1Sc1ccc(Cl)cc1)c1ccncc1. The molecule has 0 saturated carbocycles. The van der Waals surface area contributed by atoms with Crippen molar-refractivity contribution in [1.29, 1.82) is 0 Å². The van der Waals surface area contributed by atoms with Crippen molar-refractivity contribution in [2.24, 2.45) is 5.10 Å². The number of carbonyl (C=O) groups is 1. The van der Waals surface area contributed by atoms with E-state index >= 15 is 0 Å². The first-order valence-electron chi connectivity index (χ1n) is 7.98. The third-order valence-electron chi connectivity index (χ3n) is 3.56. The number of non-ortho nitro benzene ring substituents is 1. The summed E-state index contributed by atoms with van der Waals surface area (Å²) in [5.74, 6) is -0.406. The van der Waals surface area contributed by atoms with Gasteiger partial charge in [0.2, 0.25) is 0 Å². The summed E-state index contributed by atoms with van der Waals surface area (Å²) in [5.41, 5.74) is 3.24. The van der Waals surface area contributed by atoms with E-state index in [4.69, 9.17) is 11.6 Å². The van der Waals surface area contributed by atoms with Gasteiger partial charge in [0.05, 0.1) is 11.1 Å². The molecule has 0 bridgehead atoms. The number of nitrogens with zero attached hydrogens (tertiary/aromatic N) is 3. The third-order valence-corrected chi connectivity index (χ3v) is 4.91. The van der Waals surface area contributed by atoms with Crippen LogP contribution < -0.4 is 5.43 Å². The molecule has 1 heterocycles. The smallest absolute Gasteiger partial charge is 0.267 e. The zero-order valence-corrected chi connectivity index (χ0v) is 15.9. The lowest BCUT2D eigenvalue weighted by molar-refractivity contribution is -0.384. The zero-order chi connectivity index (χ0) is 19.9. The number of nitrogens with one attached hydrogen (secondary N) is 1. The molecule has 1 amide bonds. The van der Waals surface area contributed by atoms with Crippen molar-refractivity contribution in [3.63, 3.8) is 0 Å². The molecule has 2 aromatic carbocycles. The summed E-state index contributed by atoms with van der Waals surface area (Å²) in [6, 6.07) is 14.8. The second-order valence-electron chi connectivity index (χ2n) is 5.47. The Kier molecular flexibility index (Phi) is 6.36. The Balaban J connectivity index is 1.82. The molecule has 3 aromatic rings. The Labute approximate surface area is 169 Å². The standard InChI is InChI=1S/C19H13ClN4O3S/c20-15-1-4-17(5-2-15)28-18-6-3-16(24(26)27)11-14(18)12-22-23-19(25)13-7-9-21-10-8-13/h1-12H,(H,23,25)/b22-12+. The second-order valence-corrected chi connectivity index (χ2v) is 7.02. The Morgan fingerprint density at radius 2 is 1.86 bits per heavy atom. The molecular formula is C19H13ClN4O3S. The van der Waals surface area contributed by atoms with Crippen LogP contribution >= 0.6 is 23.4 Å². The van der Waals surface area contributed by atoms with Gasteiger partial charge >= 0.3 is 0 Å². The van der Waals surface area contributed by atoms with Crippen molar-refractivity contribution in [3.8, 4) is 0 Å². The van der Waals surface area contributed by atoms with Crippen molar-refractivity contribution in [2.45, 2.75) is 9.79 Å². The minimum absolute atomic E-state index is 0.0673. The number of carbonyl (C=O) groups excluding carboxylic acids is 1. The van der Waals surface area contributed by atoms with Gasteiger partial charge in [-0.25, -0.2) is 5.43 Å². The fourth-order valence-corrected chi connectivity index (χ4v) is 3.22. The van der Waals surface area contributed by atoms with Gasteiger partial charge in [-0.05, 0) is 42.5 Å². The van der Waals surface area contributed by atoms with Crippen LogP contribution in [0.4, 0.5) is 5.69 Å². The van der Waals surface area contributed by atoms with Gasteiger partial charge in [0, 0.05) is 50.5 Å². The van der Waals surface area contributed by atoms with Crippen LogP contribution in [0.2, 0.25) is 5.02 Å². The fourth-order valence-electron chi connectivity index (χ4n) is 2.20. The molecule has 0 saturated heterocycles. The molecule has 1 aromatic heterocycles. The fraction of sp³-hybridized carbons (Fsp3) is 0. The molecule has 140 valence electrons. The van der Waals surface area contributed by atoms with E-state index in [0.717, 1.165) is 9.79 Å². The van der Waals surface area contributed by atoms with Crippen molar-refractivity contribution in [3.05, 3.63) is 93.3 Å². The number of amides is 1. The Morgan fingerprint density at radius 3 is 2.54 bits per heavy atom. The van der Waals surface area contributed by atoms with Crippen LogP contribution in [0.25, 0.3) is 0 Å². The van der Waals surface area contributed by atoms with E-state index in [9.17, 15) is 14.9 Å². The molecule has 0 fully saturated rings. The number of nitro groups is 1. The van der Waals surface area contributed by atoms with E-state index in [-0.39, 0.29) is 5.69 Å². The van der Waals surface area contributed by atoms with Crippen LogP contribution in [0.1, 0.15) is 15.9 Å². The molecule has 9 heteroatoms. The lowest BCUT2D eigenvalue weighted by Gasteiger charge is -2.06. The number of pyridine rings is 1. The van der Waals surface area contributed by atoms with Gasteiger partial charge in [0.15, 0.2) is 0 Å². The minimum Gasteiger partial charge on any atom is -0.267 e. The van der Waals surface area contributed by atoms with Crippen LogP contribution in [0, 0.1) is 10.1 Å². The zero-order valence-electron chi connectivity index (χ0n) is 14.3. The first-order chi connectivity index (χ1) is 13.5. The first-order valence-corrected chi connectivity index (χ1v) is 9.17. The maximum atomic E-state index is 12.0. The Morgan fingerprint density at radius 1 is 1.14 bits per heavy atom. The van der Waals surface area contributed by atoms with Crippen molar-refractivity contribution in [2.75, 3.05) is 0 Å². The lowest BCUT2D eigenvalue weighted by atomic mass is 10.2. The van der Waals surface area contributed by atoms with E-state index in [1.165, 1.54) is 42.5 Å². The summed E-state index contributed by atoms with van der Waals surface area (Å²) in [6.07, 6.45) is 4.38.